The summed E-state index contributed by atoms with van der Waals surface area (Å²) in [6, 6.07) is 8.67. The van der Waals surface area contributed by atoms with Crippen molar-refractivity contribution in [3.63, 3.8) is 0 Å². The molecular weight excluding hydrogens is 244 g/mol. The second kappa shape index (κ2) is 5.43. The Morgan fingerprint density at radius 1 is 1.42 bits per heavy atom. The van der Waals surface area contributed by atoms with Gasteiger partial charge in [-0.1, -0.05) is 0 Å². The molecule has 2 rings (SSSR count). The fourth-order valence-electron chi connectivity index (χ4n) is 1.62. The molecule has 0 unspecified atom stereocenters. The van der Waals surface area contributed by atoms with Crippen molar-refractivity contribution in [3.8, 4) is 5.75 Å². The van der Waals surface area contributed by atoms with Gasteiger partial charge in [0.05, 0.1) is 5.69 Å². The number of ether oxygens (including phenoxy) is 1. The number of carbonyl (C=O) groups is 1. The van der Waals surface area contributed by atoms with Gasteiger partial charge in [0.2, 0.25) is 0 Å². The molecule has 0 fully saturated rings. The number of rotatable bonds is 4. The van der Waals surface area contributed by atoms with E-state index in [1.165, 1.54) is 0 Å². The molecule has 0 saturated heterocycles. The van der Waals surface area contributed by atoms with Crippen molar-refractivity contribution in [2.45, 2.75) is 6.92 Å². The molecule has 0 atom stereocenters. The van der Waals surface area contributed by atoms with E-state index >= 15 is 0 Å². The van der Waals surface area contributed by atoms with Crippen LogP contribution in [0.25, 0.3) is 0 Å². The van der Waals surface area contributed by atoms with E-state index in [1.54, 1.807) is 42.1 Å². The SMILES string of the molecule is Cc1cc(NC(=O)COc2ccc(N)cc2)n(C)n1. The summed E-state index contributed by atoms with van der Waals surface area (Å²) >= 11 is 0. The summed E-state index contributed by atoms with van der Waals surface area (Å²) in [6.07, 6.45) is 0. The third-order valence-corrected chi connectivity index (χ3v) is 2.52. The predicted octanol–water partition coefficient (Wildman–Crippen LogP) is 1.33. The third-order valence-electron chi connectivity index (χ3n) is 2.52. The van der Waals surface area contributed by atoms with Crippen LogP contribution in [-0.2, 0) is 11.8 Å². The number of benzene rings is 1. The normalized spacial score (nSPS) is 10.2. The van der Waals surface area contributed by atoms with E-state index in [4.69, 9.17) is 10.5 Å². The summed E-state index contributed by atoms with van der Waals surface area (Å²) in [4.78, 5) is 11.7. The van der Waals surface area contributed by atoms with E-state index in [0.717, 1.165) is 5.69 Å². The maximum atomic E-state index is 11.7. The van der Waals surface area contributed by atoms with Crippen LogP contribution in [0.1, 0.15) is 5.69 Å². The van der Waals surface area contributed by atoms with Crippen molar-refractivity contribution < 1.29 is 9.53 Å². The van der Waals surface area contributed by atoms with Crippen LogP contribution in [0.5, 0.6) is 5.75 Å². The van der Waals surface area contributed by atoms with Gasteiger partial charge in [0.25, 0.3) is 5.91 Å². The molecule has 19 heavy (non-hydrogen) atoms. The average molecular weight is 260 g/mol. The molecule has 6 heteroatoms. The van der Waals surface area contributed by atoms with E-state index in [-0.39, 0.29) is 12.5 Å². The molecule has 1 aromatic heterocycles. The highest BCUT2D eigenvalue weighted by Gasteiger charge is 2.07. The largest absolute Gasteiger partial charge is 0.484 e. The first-order chi connectivity index (χ1) is 9.04. The molecular formula is C13H16N4O2. The van der Waals surface area contributed by atoms with Crippen LogP contribution in [0.15, 0.2) is 30.3 Å². The first-order valence-electron chi connectivity index (χ1n) is 5.83. The van der Waals surface area contributed by atoms with Gasteiger partial charge >= 0.3 is 0 Å². The molecule has 0 bridgehead atoms. The van der Waals surface area contributed by atoms with Crippen molar-refractivity contribution in [2.75, 3.05) is 17.7 Å². The summed E-state index contributed by atoms with van der Waals surface area (Å²) in [5.74, 6) is 1.01. The fourth-order valence-corrected chi connectivity index (χ4v) is 1.62. The van der Waals surface area contributed by atoms with Gasteiger partial charge in [0.1, 0.15) is 11.6 Å². The average Bonchev–Trinajstić information content (AvgIpc) is 2.67. The number of aromatic nitrogens is 2. The second-order valence-electron chi connectivity index (χ2n) is 4.20. The van der Waals surface area contributed by atoms with Crippen LogP contribution in [-0.4, -0.2) is 22.3 Å². The molecule has 0 radical (unpaired) electrons. The van der Waals surface area contributed by atoms with E-state index in [2.05, 4.69) is 10.4 Å². The van der Waals surface area contributed by atoms with Crippen LogP contribution in [0.2, 0.25) is 0 Å². The van der Waals surface area contributed by atoms with Crippen molar-refractivity contribution in [2.24, 2.45) is 7.05 Å². The number of anilines is 2. The summed E-state index contributed by atoms with van der Waals surface area (Å²) < 4.78 is 6.95. The topological polar surface area (TPSA) is 82.2 Å². The zero-order valence-corrected chi connectivity index (χ0v) is 10.9. The Balaban J connectivity index is 1.88. The Labute approximate surface area is 111 Å². The Morgan fingerprint density at radius 2 is 2.11 bits per heavy atom. The van der Waals surface area contributed by atoms with E-state index < -0.39 is 0 Å². The Kier molecular flexibility index (Phi) is 3.70. The maximum absolute atomic E-state index is 11.7. The number of nitrogens with zero attached hydrogens (tertiary/aromatic N) is 2. The van der Waals surface area contributed by atoms with Gasteiger partial charge in [-0.15, -0.1) is 0 Å². The van der Waals surface area contributed by atoms with Gasteiger partial charge in [-0.05, 0) is 31.2 Å². The number of aryl methyl sites for hydroxylation is 2. The first kappa shape index (κ1) is 12.9. The highest BCUT2D eigenvalue weighted by Crippen LogP contribution is 2.13. The first-order valence-corrected chi connectivity index (χ1v) is 5.83. The lowest BCUT2D eigenvalue weighted by molar-refractivity contribution is -0.118. The number of nitrogens with two attached hydrogens (primary N) is 1. The minimum atomic E-state index is -0.236. The van der Waals surface area contributed by atoms with E-state index in [9.17, 15) is 4.79 Å². The monoisotopic (exact) mass is 260 g/mol. The zero-order valence-electron chi connectivity index (χ0n) is 10.9. The van der Waals surface area contributed by atoms with E-state index in [0.29, 0.717) is 17.3 Å². The molecule has 0 saturated carbocycles. The minimum absolute atomic E-state index is 0.0614. The minimum Gasteiger partial charge on any atom is -0.484 e. The lowest BCUT2D eigenvalue weighted by Crippen LogP contribution is -2.21. The molecule has 0 spiro atoms. The fraction of sp³-hybridized carbons (Fsp3) is 0.231. The van der Waals surface area contributed by atoms with Gasteiger partial charge < -0.3 is 15.8 Å². The lowest BCUT2D eigenvalue weighted by atomic mass is 10.3. The number of hydrogen-bond acceptors (Lipinski definition) is 4. The van der Waals surface area contributed by atoms with Crippen LogP contribution < -0.4 is 15.8 Å². The van der Waals surface area contributed by atoms with Gasteiger partial charge in [0.15, 0.2) is 6.61 Å². The summed E-state index contributed by atoms with van der Waals surface area (Å²) in [7, 11) is 1.77. The highest BCUT2D eigenvalue weighted by atomic mass is 16.5. The van der Waals surface area contributed by atoms with Crippen molar-refractivity contribution >= 4 is 17.4 Å². The molecule has 0 aliphatic rings. The quantitative estimate of drug-likeness (QED) is 0.812. The van der Waals surface area contributed by atoms with Gasteiger partial charge in [0, 0.05) is 18.8 Å². The number of amides is 1. The van der Waals surface area contributed by atoms with Crippen LogP contribution in [0, 0.1) is 6.92 Å². The summed E-state index contributed by atoms with van der Waals surface area (Å²) in [6.45, 7) is 1.80. The molecule has 3 N–H and O–H groups in total. The van der Waals surface area contributed by atoms with Crippen LogP contribution in [0.4, 0.5) is 11.5 Å². The zero-order chi connectivity index (χ0) is 13.8. The number of nitrogen functional groups attached to an aromatic ring is 1. The number of nitrogens with one attached hydrogen (secondary N) is 1. The van der Waals surface area contributed by atoms with Crippen molar-refractivity contribution in [3.05, 3.63) is 36.0 Å². The Morgan fingerprint density at radius 3 is 2.68 bits per heavy atom. The summed E-state index contributed by atoms with van der Waals surface area (Å²) in [5, 5.41) is 6.86. The molecule has 1 heterocycles. The van der Waals surface area contributed by atoms with Gasteiger partial charge in [-0.25, -0.2) is 0 Å². The number of carbonyl (C=O) groups excluding carboxylic acids is 1. The third kappa shape index (κ3) is 3.48. The van der Waals surface area contributed by atoms with Crippen molar-refractivity contribution in [1.29, 1.82) is 0 Å². The molecule has 0 aliphatic heterocycles. The summed E-state index contributed by atoms with van der Waals surface area (Å²) in [5.41, 5.74) is 7.06. The number of hydrogen-bond donors (Lipinski definition) is 2. The smallest absolute Gasteiger partial charge is 0.263 e. The predicted molar refractivity (Wildman–Crippen MR) is 72.9 cm³/mol. The standard InChI is InChI=1S/C13H16N4O2/c1-9-7-12(17(2)16-9)15-13(18)8-19-11-5-3-10(14)4-6-11/h3-7H,8,14H2,1-2H3,(H,15,18). The molecule has 6 nitrogen and oxygen atoms in total. The Hall–Kier alpha value is -2.50. The lowest BCUT2D eigenvalue weighted by Gasteiger charge is -2.07. The molecule has 1 amide bonds. The molecule has 0 aliphatic carbocycles. The van der Waals surface area contributed by atoms with Crippen molar-refractivity contribution in [1.82, 2.24) is 9.78 Å². The Bertz CT molecular complexity index is 575. The van der Waals surface area contributed by atoms with Crippen LogP contribution >= 0.6 is 0 Å². The molecule has 100 valence electrons. The van der Waals surface area contributed by atoms with E-state index in [1.807, 2.05) is 6.92 Å². The molecule has 2 aromatic rings. The highest BCUT2D eigenvalue weighted by molar-refractivity contribution is 5.91. The molecule has 1 aromatic carbocycles. The van der Waals surface area contributed by atoms with Gasteiger partial charge in [-0.3, -0.25) is 9.48 Å². The second-order valence-corrected chi connectivity index (χ2v) is 4.20. The van der Waals surface area contributed by atoms with Crippen LogP contribution in [0.3, 0.4) is 0 Å². The maximum Gasteiger partial charge on any atom is 0.263 e. The van der Waals surface area contributed by atoms with Gasteiger partial charge in [-0.2, -0.15) is 5.10 Å².